The Kier molecular flexibility index (Phi) is 1.91. The Labute approximate surface area is 73.6 Å². The fraction of sp³-hybridized carbons (Fsp3) is 0.700. The van der Waals surface area contributed by atoms with E-state index in [9.17, 15) is 0 Å². The highest BCUT2D eigenvalue weighted by atomic mass is 15.3. The zero-order chi connectivity index (χ0) is 8.55. The van der Waals surface area contributed by atoms with Gasteiger partial charge in [0.05, 0.1) is 6.04 Å². The second-order valence-corrected chi connectivity index (χ2v) is 3.76. The molecule has 1 unspecified atom stereocenters. The predicted molar refractivity (Wildman–Crippen MR) is 49.0 cm³/mol. The Morgan fingerprint density at radius 3 is 3.33 bits per heavy atom. The van der Waals surface area contributed by atoms with E-state index < -0.39 is 0 Å². The lowest BCUT2D eigenvalue weighted by Gasteiger charge is -2.18. The predicted octanol–water partition coefficient (Wildman–Crippen LogP) is 2.42. The highest BCUT2D eigenvalue weighted by Crippen LogP contribution is 2.32. The standard InChI is InChI=1S/C10H16N2/c1-3-8(2)10-5-4-9-6-7-11-12(9)10/h6-8,10H,3-5H2,1-2H3/t8?,10-/m0/s1. The zero-order valence-corrected chi connectivity index (χ0v) is 7.83. The molecule has 2 rings (SSSR count). The van der Waals surface area contributed by atoms with Crippen molar-refractivity contribution in [1.82, 2.24) is 9.78 Å². The molecule has 1 aliphatic heterocycles. The molecular weight excluding hydrogens is 148 g/mol. The third-order valence-electron chi connectivity index (χ3n) is 3.06. The van der Waals surface area contributed by atoms with Gasteiger partial charge in [0.1, 0.15) is 0 Å². The summed E-state index contributed by atoms with van der Waals surface area (Å²) >= 11 is 0. The van der Waals surface area contributed by atoms with Crippen LogP contribution >= 0.6 is 0 Å². The van der Waals surface area contributed by atoms with Crippen LogP contribution in [0.5, 0.6) is 0 Å². The van der Waals surface area contributed by atoms with Crippen molar-refractivity contribution in [3.05, 3.63) is 18.0 Å². The minimum Gasteiger partial charge on any atom is -0.266 e. The molecule has 2 heterocycles. The Bertz CT molecular complexity index is 265. The normalized spacial score (nSPS) is 24.0. The van der Waals surface area contributed by atoms with Crippen LogP contribution in [0.2, 0.25) is 0 Å². The summed E-state index contributed by atoms with van der Waals surface area (Å²) < 4.78 is 2.22. The van der Waals surface area contributed by atoms with E-state index in [1.165, 1.54) is 25.0 Å². The van der Waals surface area contributed by atoms with E-state index in [0.717, 1.165) is 5.92 Å². The molecule has 2 atom stereocenters. The molecule has 0 aliphatic carbocycles. The van der Waals surface area contributed by atoms with Crippen LogP contribution in [0.15, 0.2) is 12.3 Å². The van der Waals surface area contributed by atoms with Gasteiger partial charge < -0.3 is 0 Å². The highest BCUT2D eigenvalue weighted by molar-refractivity contribution is 5.07. The topological polar surface area (TPSA) is 17.8 Å². The van der Waals surface area contributed by atoms with Gasteiger partial charge in [-0.15, -0.1) is 0 Å². The molecule has 66 valence electrons. The number of hydrogen-bond donors (Lipinski definition) is 0. The smallest absolute Gasteiger partial charge is 0.0551 e. The minimum absolute atomic E-state index is 0.667. The van der Waals surface area contributed by atoms with Crippen LogP contribution in [-0.2, 0) is 6.42 Å². The van der Waals surface area contributed by atoms with Crippen molar-refractivity contribution in [3.8, 4) is 0 Å². The SMILES string of the molecule is CCC(C)[C@@H]1CCc2ccnn21. The van der Waals surface area contributed by atoms with E-state index in [4.69, 9.17) is 0 Å². The summed E-state index contributed by atoms with van der Waals surface area (Å²) in [6.45, 7) is 4.58. The van der Waals surface area contributed by atoms with E-state index in [1.54, 1.807) is 0 Å². The summed E-state index contributed by atoms with van der Waals surface area (Å²) in [7, 11) is 0. The molecule has 0 amide bonds. The van der Waals surface area contributed by atoms with Crippen molar-refractivity contribution in [2.24, 2.45) is 5.92 Å². The first-order valence-corrected chi connectivity index (χ1v) is 4.85. The third kappa shape index (κ3) is 1.06. The van der Waals surface area contributed by atoms with Gasteiger partial charge in [0, 0.05) is 11.9 Å². The van der Waals surface area contributed by atoms with Crippen LogP contribution in [0.1, 0.15) is 38.4 Å². The minimum atomic E-state index is 0.667. The first-order chi connectivity index (χ1) is 5.83. The molecule has 0 fully saturated rings. The molecule has 0 saturated heterocycles. The molecule has 12 heavy (non-hydrogen) atoms. The summed E-state index contributed by atoms with van der Waals surface area (Å²) in [5.41, 5.74) is 1.42. The summed E-state index contributed by atoms with van der Waals surface area (Å²) in [4.78, 5) is 0. The van der Waals surface area contributed by atoms with Crippen molar-refractivity contribution in [3.63, 3.8) is 0 Å². The van der Waals surface area contributed by atoms with Crippen molar-refractivity contribution < 1.29 is 0 Å². The zero-order valence-electron chi connectivity index (χ0n) is 7.83. The van der Waals surface area contributed by atoms with Crippen LogP contribution in [0.4, 0.5) is 0 Å². The Morgan fingerprint density at radius 2 is 2.58 bits per heavy atom. The number of rotatable bonds is 2. The lowest BCUT2D eigenvalue weighted by Crippen LogP contribution is -2.13. The van der Waals surface area contributed by atoms with E-state index in [1.807, 2.05) is 6.20 Å². The van der Waals surface area contributed by atoms with Crippen LogP contribution in [0.3, 0.4) is 0 Å². The second kappa shape index (κ2) is 2.92. The first-order valence-electron chi connectivity index (χ1n) is 4.85. The Hall–Kier alpha value is -0.790. The van der Waals surface area contributed by atoms with Crippen molar-refractivity contribution in [1.29, 1.82) is 0 Å². The van der Waals surface area contributed by atoms with Gasteiger partial charge in [-0.25, -0.2) is 0 Å². The molecule has 1 aromatic heterocycles. The number of nitrogens with zero attached hydrogens (tertiary/aromatic N) is 2. The fourth-order valence-corrected chi connectivity index (χ4v) is 2.05. The van der Waals surface area contributed by atoms with Gasteiger partial charge in [0.15, 0.2) is 0 Å². The van der Waals surface area contributed by atoms with Crippen molar-refractivity contribution in [2.45, 2.75) is 39.2 Å². The number of fused-ring (bicyclic) bond motifs is 1. The molecule has 1 aromatic rings. The van der Waals surface area contributed by atoms with Gasteiger partial charge in [0.25, 0.3) is 0 Å². The number of aryl methyl sites for hydroxylation is 1. The molecule has 0 bridgehead atoms. The van der Waals surface area contributed by atoms with Gasteiger partial charge in [-0.1, -0.05) is 20.3 Å². The first kappa shape index (κ1) is 7.84. The molecule has 0 radical (unpaired) electrons. The maximum atomic E-state index is 4.36. The molecule has 0 spiro atoms. The van der Waals surface area contributed by atoms with E-state index in [2.05, 4.69) is 29.7 Å². The molecule has 2 nitrogen and oxygen atoms in total. The maximum Gasteiger partial charge on any atom is 0.0551 e. The summed E-state index contributed by atoms with van der Waals surface area (Å²) in [6.07, 6.45) is 5.68. The average Bonchev–Trinajstić information content (AvgIpc) is 2.62. The molecular formula is C10H16N2. The molecule has 0 N–H and O–H groups in total. The van der Waals surface area contributed by atoms with Crippen LogP contribution in [-0.4, -0.2) is 9.78 Å². The molecule has 1 aliphatic rings. The Balaban J connectivity index is 2.22. The van der Waals surface area contributed by atoms with E-state index in [0.29, 0.717) is 6.04 Å². The van der Waals surface area contributed by atoms with Gasteiger partial charge in [-0.2, -0.15) is 5.10 Å². The summed E-state index contributed by atoms with van der Waals surface area (Å²) in [6, 6.07) is 2.81. The van der Waals surface area contributed by atoms with E-state index in [-0.39, 0.29) is 0 Å². The lowest BCUT2D eigenvalue weighted by molar-refractivity contribution is 0.332. The fourth-order valence-electron chi connectivity index (χ4n) is 2.05. The monoisotopic (exact) mass is 164 g/mol. The maximum absolute atomic E-state index is 4.36. The van der Waals surface area contributed by atoms with Gasteiger partial charge in [-0.3, -0.25) is 4.68 Å². The lowest BCUT2D eigenvalue weighted by atomic mass is 9.98. The summed E-state index contributed by atoms with van der Waals surface area (Å²) in [5.74, 6) is 0.770. The van der Waals surface area contributed by atoms with Crippen molar-refractivity contribution in [2.75, 3.05) is 0 Å². The number of aromatic nitrogens is 2. The average molecular weight is 164 g/mol. The third-order valence-corrected chi connectivity index (χ3v) is 3.06. The van der Waals surface area contributed by atoms with Gasteiger partial charge in [-0.05, 0) is 24.8 Å². The Morgan fingerprint density at radius 1 is 1.75 bits per heavy atom. The van der Waals surface area contributed by atoms with Gasteiger partial charge in [0.2, 0.25) is 0 Å². The molecule has 0 saturated carbocycles. The molecule has 2 heteroatoms. The van der Waals surface area contributed by atoms with Crippen molar-refractivity contribution >= 4 is 0 Å². The van der Waals surface area contributed by atoms with Gasteiger partial charge >= 0.3 is 0 Å². The highest BCUT2D eigenvalue weighted by Gasteiger charge is 2.25. The van der Waals surface area contributed by atoms with Crippen LogP contribution < -0.4 is 0 Å². The van der Waals surface area contributed by atoms with E-state index >= 15 is 0 Å². The summed E-state index contributed by atoms with van der Waals surface area (Å²) in [5, 5.41) is 4.36. The number of hydrogen-bond acceptors (Lipinski definition) is 1. The second-order valence-electron chi connectivity index (χ2n) is 3.76. The van der Waals surface area contributed by atoms with Crippen LogP contribution in [0.25, 0.3) is 0 Å². The molecule has 0 aromatic carbocycles. The van der Waals surface area contributed by atoms with Crippen LogP contribution in [0, 0.1) is 5.92 Å². The largest absolute Gasteiger partial charge is 0.266 e. The quantitative estimate of drug-likeness (QED) is 0.656.